The molecule has 1 aromatic carbocycles. The molecule has 2 aromatic rings. The van der Waals surface area contributed by atoms with Gasteiger partial charge in [0.05, 0.1) is 9.90 Å². The van der Waals surface area contributed by atoms with Gasteiger partial charge < -0.3 is 5.73 Å². The molecule has 1 aromatic heterocycles. The lowest BCUT2D eigenvalue weighted by Gasteiger charge is -2.13. The third-order valence-corrected chi connectivity index (χ3v) is 3.78. The largest absolute Gasteiger partial charge is 0.417 e. The van der Waals surface area contributed by atoms with Crippen molar-refractivity contribution in [1.29, 1.82) is 0 Å². The minimum atomic E-state index is -4.50. The van der Waals surface area contributed by atoms with Crippen molar-refractivity contribution in [2.75, 3.05) is 5.73 Å². The van der Waals surface area contributed by atoms with Crippen LogP contribution < -0.4 is 5.73 Å². The Labute approximate surface area is 115 Å². The zero-order valence-corrected chi connectivity index (χ0v) is 11.0. The van der Waals surface area contributed by atoms with Gasteiger partial charge in [0.2, 0.25) is 0 Å². The first-order valence-corrected chi connectivity index (χ1v) is 6.28. The van der Waals surface area contributed by atoms with E-state index in [4.69, 9.17) is 28.9 Å². The summed E-state index contributed by atoms with van der Waals surface area (Å²) in [5, 5.41) is 0. The molecule has 0 aliphatic heterocycles. The highest BCUT2D eigenvalue weighted by atomic mass is 35.5. The summed E-state index contributed by atoms with van der Waals surface area (Å²) in [7, 11) is 0. The minimum Gasteiger partial charge on any atom is -0.399 e. The van der Waals surface area contributed by atoms with Crippen LogP contribution in [0.15, 0.2) is 24.3 Å². The van der Waals surface area contributed by atoms with Crippen molar-refractivity contribution in [3.8, 4) is 11.1 Å². The average molecular weight is 312 g/mol. The third kappa shape index (κ3) is 2.58. The Morgan fingerprint density at radius 1 is 1.06 bits per heavy atom. The van der Waals surface area contributed by atoms with E-state index in [0.717, 1.165) is 17.4 Å². The second-order valence-electron chi connectivity index (χ2n) is 3.54. The lowest BCUT2D eigenvalue weighted by molar-refractivity contribution is -0.137. The van der Waals surface area contributed by atoms with E-state index in [1.54, 1.807) is 0 Å². The highest BCUT2D eigenvalue weighted by Gasteiger charge is 2.34. The van der Waals surface area contributed by atoms with Gasteiger partial charge >= 0.3 is 6.18 Å². The van der Waals surface area contributed by atoms with Crippen molar-refractivity contribution < 1.29 is 13.2 Å². The van der Waals surface area contributed by atoms with E-state index in [2.05, 4.69) is 0 Å². The molecule has 1 nitrogen and oxygen atoms in total. The number of anilines is 1. The van der Waals surface area contributed by atoms with Gasteiger partial charge in [0.1, 0.15) is 4.34 Å². The number of thiophene rings is 1. The van der Waals surface area contributed by atoms with Crippen molar-refractivity contribution >= 4 is 40.2 Å². The normalized spacial score (nSPS) is 11.8. The molecule has 0 radical (unpaired) electrons. The predicted molar refractivity (Wildman–Crippen MR) is 69.2 cm³/mol. The van der Waals surface area contributed by atoms with Crippen molar-refractivity contribution in [3.05, 3.63) is 38.5 Å². The highest BCUT2D eigenvalue weighted by Crippen LogP contribution is 2.44. The van der Waals surface area contributed by atoms with Crippen LogP contribution in [0.25, 0.3) is 11.1 Å². The second-order valence-corrected chi connectivity index (χ2v) is 5.83. The van der Waals surface area contributed by atoms with Crippen LogP contribution in [0.5, 0.6) is 0 Å². The van der Waals surface area contributed by atoms with Crippen LogP contribution in [-0.4, -0.2) is 0 Å². The number of hydrogen-bond donors (Lipinski definition) is 1. The summed E-state index contributed by atoms with van der Waals surface area (Å²) in [5.74, 6) is 0. The Hall–Kier alpha value is -0.910. The molecule has 2 rings (SSSR count). The smallest absolute Gasteiger partial charge is 0.399 e. The maximum Gasteiger partial charge on any atom is 0.417 e. The second kappa shape index (κ2) is 4.64. The molecule has 0 unspecified atom stereocenters. The quantitative estimate of drug-likeness (QED) is 0.708. The molecular formula is C11H6Cl2F3NS. The van der Waals surface area contributed by atoms with Gasteiger partial charge in [-0.25, -0.2) is 0 Å². The molecule has 0 aliphatic rings. The molecule has 0 saturated heterocycles. The van der Waals surface area contributed by atoms with Crippen LogP contribution in [0.4, 0.5) is 18.9 Å². The van der Waals surface area contributed by atoms with Gasteiger partial charge in [0.25, 0.3) is 0 Å². The molecule has 7 heteroatoms. The first-order valence-electron chi connectivity index (χ1n) is 4.71. The molecule has 0 bridgehead atoms. The number of alkyl halides is 3. The fourth-order valence-corrected chi connectivity index (χ4v) is 3.05. The Bertz CT molecular complexity index is 592. The molecule has 0 atom stereocenters. The minimum absolute atomic E-state index is 0.0233. The number of halogens is 5. The standard InChI is InChI=1S/C11H6Cl2F3NS/c12-9-4-7(10(13)18-9)6-2-1-5(17)3-8(6)11(14,15)16/h1-4H,17H2. The fraction of sp³-hybridized carbons (Fsp3) is 0.0909. The van der Waals surface area contributed by atoms with E-state index < -0.39 is 11.7 Å². The van der Waals surface area contributed by atoms with Gasteiger partial charge in [-0.05, 0) is 23.8 Å². The van der Waals surface area contributed by atoms with Crippen LogP contribution >= 0.6 is 34.5 Å². The maximum absolute atomic E-state index is 12.9. The Balaban J connectivity index is 2.68. The lowest BCUT2D eigenvalue weighted by Crippen LogP contribution is -2.07. The fourth-order valence-electron chi connectivity index (χ4n) is 1.56. The summed E-state index contributed by atoms with van der Waals surface area (Å²) < 4.78 is 39.3. The molecule has 18 heavy (non-hydrogen) atoms. The van der Waals surface area contributed by atoms with E-state index >= 15 is 0 Å². The molecular weight excluding hydrogens is 306 g/mol. The molecule has 0 aliphatic carbocycles. The van der Waals surface area contributed by atoms with Crippen LogP contribution in [0.2, 0.25) is 8.67 Å². The van der Waals surface area contributed by atoms with Crippen molar-refractivity contribution in [2.24, 2.45) is 0 Å². The zero-order chi connectivity index (χ0) is 13.5. The summed E-state index contributed by atoms with van der Waals surface area (Å²) in [6, 6.07) is 4.99. The number of benzene rings is 1. The Morgan fingerprint density at radius 2 is 1.72 bits per heavy atom. The van der Waals surface area contributed by atoms with E-state index in [9.17, 15) is 13.2 Å². The Morgan fingerprint density at radius 3 is 2.22 bits per heavy atom. The number of rotatable bonds is 1. The summed E-state index contributed by atoms with van der Waals surface area (Å²) in [6.07, 6.45) is -4.50. The summed E-state index contributed by atoms with van der Waals surface area (Å²) in [6.45, 7) is 0. The molecule has 1 heterocycles. The average Bonchev–Trinajstić information content (AvgIpc) is 2.56. The number of nitrogen functional groups attached to an aromatic ring is 1. The summed E-state index contributed by atoms with van der Waals surface area (Å²) >= 11 is 12.6. The SMILES string of the molecule is Nc1ccc(-c2cc(Cl)sc2Cl)c(C(F)(F)F)c1. The van der Waals surface area contributed by atoms with Gasteiger partial charge in [-0.1, -0.05) is 29.3 Å². The van der Waals surface area contributed by atoms with E-state index in [-0.39, 0.29) is 21.2 Å². The topological polar surface area (TPSA) is 26.0 Å². The van der Waals surface area contributed by atoms with Crippen LogP contribution in [0.3, 0.4) is 0 Å². The molecule has 0 fully saturated rings. The van der Waals surface area contributed by atoms with E-state index in [1.165, 1.54) is 18.2 Å². The molecule has 96 valence electrons. The zero-order valence-electron chi connectivity index (χ0n) is 8.68. The first kappa shape index (κ1) is 13.5. The van der Waals surface area contributed by atoms with Crippen molar-refractivity contribution in [2.45, 2.75) is 6.18 Å². The van der Waals surface area contributed by atoms with Crippen molar-refractivity contribution in [1.82, 2.24) is 0 Å². The van der Waals surface area contributed by atoms with Gasteiger partial charge in [0, 0.05) is 11.3 Å². The Kier molecular flexibility index (Phi) is 3.49. The van der Waals surface area contributed by atoms with Crippen LogP contribution in [0, 0.1) is 0 Å². The van der Waals surface area contributed by atoms with Gasteiger partial charge in [-0.15, -0.1) is 11.3 Å². The van der Waals surface area contributed by atoms with Crippen molar-refractivity contribution in [3.63, 3.8) is 0 Å². The monoisotopic (exact) mass is 311 g/mol. The molecule has 0 spiro atoms. The highest BCUT2D eigenvalue weighted by molar-refractivity contribution is 7.20. The third-order valence-electron chi connectivity index (χ3n) is 2.30. The van der Waals surface area contributed by atoms with Gasteiger partial charge in [-0.3, -0.25) is 0 Å². The molecule has 0 amide bonds. The first-order chi connectivity index (χ1) is 8.29. The van der Waals surface area contributed by atoms with Crippen LogP contribution in [0.1, 0.15) is 5.56 Å². The maximum atomic E-state index is 12.9. The van der Waals surface area contributed by atoms with Gasteiger partial charge in [-0.2, -0.15) is 13.2 Å². The van der Waals surface area contributed by atoms with Gasteiger partial charge in [0.15, 0.2) is 0 Å². The summed E-state index contributed by atoms with van der Waals surface area (Å²) in [4.78, 5) is 0. The van der Waals surface area contributed by atoms with E-state index in [0.29, 0.717) is 4.34 Å². The van der Waals surface area contributed by atoms with Crippen LogP contribution in [-0.2, 0) is 6.18 Å². The number of nitrogens with two attached hydrogens (primary N) is 1. The molecule has 0 saturated carbocycles. The predicted octanol–water partition coefficient (Wildman–Crippen LogP) is 5.32. The summed E-state index contributed by atoms with van der Waals surface area (Å²) in [5.41, 5.74) is 4.85. The number of hydrogen-bond acceptors (Lipinski definition) is 2. The van der Waals surface area contributed by atoms with E-state index in [1.807, 2.05) is 0 Å². The lowest BCUT2D eigenvalue weighted by atomic mass is 10.0. The molecule has 2 N–H and O–H groups in total.